The average Bonchev–Trinajstić information content (AvgIpc) is 2.46. The molecule has 2 amide bonds. The van der Waals surface area contributed by atoms with Crippen molar-refractivity contribution in [3.05, 3.63) is 18.1 Å². The molecule has 2 rings (SSSR count). The van der Waals surface area contributed by atoms with E-state index in [0.29, 0.717) is 37.8 Å². The van der Waals surface area contributed by atoms with Gasteiger partial charge in [0, 0.05) is 39.2 Å². The third-order valence-electron chi connectivity index (χ3n) is 3.08. The second-order valence-electron chi connectivity index (χ2n) is 4.24. The Hall–Kier alpha value is -2.18. The van der Waals surface area contributed by atoms with E-state index in [9.17, 15) is 9.59 Å². The van der Waals surface area contributed by atoms with Crippen LogP contribution in [0.25, 0.3) is 0 Å². The maximum absolute atomic E-state index is 12.2. The number of amides is 2. The normalized spacial score (nSPS) is 15.3. The summed E-state index contributed by atoms with van der Waals surface area (Å²) in [5.74, 6) is 0.237. The Balaban J connectivity index is 2.02. The van der Waals surface area contributed by atoms with E-state index in [-0.39, 0.29) is 11.8 Å². The predicted octanol–water partition coefficient (Wildman–Crippen LogP) is -0.211. The smallest absolute Gasteiger partial charge is 0.272 e. The standard InChI is InChI=1S/C12H16N4O3/c1-9(17)15-3-5-16(6-4-15)12(18)10-7-11(19-2)14-8-13-10/h7-8H,3-6H2,1-2H3. The molecular formula is C12H16N4O3. The monoisotopic (exact) mass is 264 g/mol. The van der Waals surface area contributed by atoms with Gasteiger partial charge in [-0.15, -0.1) is 0 Å². The molecule has 1 aliphatic rings. The van der Waals surface area contributed by atoms with Gasteiger partial charge in [-0.05, 0) is 0 Å². The first-order valence-corrected chi connectivity index (χ1v) is 6.02. The van der Waals surface area contributed by atoms with Crippen molar-refractivity contribution >= 4 is 11.8 Å². The molecular weight excluding hydrogens is 248 g/mol. The lowest BCUT2D eigenvalue weighted by molar-refractivity contribution is -0.130. The molecule has 0 unspecified atom stereocenters. The average molecular weight is 264 g/mol. The zero-order valence-corrected chi connectivity index (χ0v) is 11.0. The Bertz CT molecular complexity index is 484. The summed E-state index contributed by atoms with van der Waals surface area (Å²) in [4.78, 5) is 34.7. The van der Waals surface area contributed by atoms with Gasteiger partial charge in [0.2, 0.25) is 11.8 Å². The topological polar surface area (TPSA) is 75.6 Å². The van der Waals surface area contributed by atoms with Crippen molar-refractivity contribution in [2.24, 2.45) is 0 Å². The zero-order valence-electron chi connectivity index (χ0n) is 11.0. The molecule has 0 saturated carbocycles. The lowest BCUT2D eigenvalue weighted by atomic mass is 10.2. The molecule has 0 N–H and O–H groups in total. The summed E-state index contributed by atoms with van der Waals surface area (Å²) < 4.78 is 4.97. The summed E-state index contributed by atoms with van der Waals surface area (Å²) in [5.41, 5.74) is 0.308. The molecule has 7 nitrogen and oxygen atoms in total. The van der Waals surface area contributed by atoms with Gasteiger partial charge < -0.3 is 14.5 Å². The van der Waals surface area contributed by atoms with E-state index >= 15 is 0 Å². The van der Waals surface area contributed by atoms with Crippen LogP contribution in [-0.2, 0) is 4.79 Å². The first kappa shape index (κ1) is 13.3. The second-order valence-corrected chi connectivity index (χ2v) is 4.24. The lowest BCUT2D eigenvalue weighted by Gasteiger charge is -2.33. The molecule has 0 atom stereocenters. The summed E-state index contributed by atoms with van der Waals surface area (Å²) in [6, 6.07) is 1.51. The van der Waals surface area contributed by atoms with Crippen LogP contribution in [0.15, 0.2) is 12.4 Å². The zero-order chi connectivity index (χ0) is 13.8. The van der Waals surface area contributed by atoms with E-state index in [2.05, 4.69) is 9.97 Å². The van der Waals surface area contributed by atoms with Crippen LogP contribution in [0.4, 0.5) is 0 Å². The third kappa shape index (κ3) is 2.98. The highest BCUT2D eigenvalue weighted by Crippen LogP contribution is 2.10. The second kappa shape index (κ2) is 5.64. The highest BCUT2D eigenvalue weighted by atomic mass is 16.5. The molecule has 1 aliphatic heterocycles. The van der Waals surface area contributed by atoms with E-state index in [4.69, 9.17) is 4.74 Å². The van der Waals surface area contributed by atoms with Crippen LogP contribution in [0.3, 0.4) is 0 Å². The molecule has 0 radical (unpaired) electrons. The van der Waals surface area contributed by atoms with Gasteiger partial charge in [-0.2, -0.15) is 0 Å². The minimum Gasteiger partial charge on any atom is -0.481 e. The van der Waals surface area contributed by atoms with Crippen molar-refractivity contribution in [1.29, 1.82) is 0 Å². The number of carbonyl (C=O) groups is 2. The Morgan fingerprint density at radius 1 is 1.16 bits per heavy atom. The molecule has 0 aliphatic carbocycles. The van der Waals surface area contributed by atoms with Crippen molar-refractivity contribution in [1.82, 2.24) is 19.8 Å². The van der Waals surface area contributed by atoms with E-state index < -0.39 is 0 Å². The van der Waals surface area contributed by atoms with Crippen molar-refractivity contribution in [2.45, 2.75) is 6.92 Å². The minimum absolute atomic E-state index is 0.0378. The molecule has 1 aromatic rings. The van der Waals surface area contributed by atoms with Gasteiger partial charge in [0.1, 0.15) is 12.0 Å². The van der Waals surface area contributed by atoms with Gasteiger partial charge >= 0.3 is 0 Å². The van der Waals surface area contributed by atoms with E-state index in [1.54, 1.807) is 9.80 Å². The summed E-state index contributed by atoms with van der Waals surface area (Å²) in [5, 5.41) is 0. The maximum Gasteiger partial charge on any atom is 0.272 e. The maximum atomic E-state index is 12.2. The number of nitrogens with zero attached hydrogens (tertiary/aromatic N) is 4. The van der Waals surface area contributed by atoms with Crippen molar-refractivity contribution < 1.29 is 14.3 Å². The molecule has 7 heteroatoms. The first-order chi connectivity index (χ1) is 9.11. The predicted molar refractivity (Wildman–Crippen MR) is 66.7 cm³/mol. The molecule has 1 saturated heterocycles. The third-order valence-corrected chi connectivity index (χ3v) is 3.08. The number of methoxy groups -OCH3 is 1. The van der Waals surface area contributed by atoms with Crippen molar-refractivity contribution in [3.63, 3.8) is 0 Å². The Morgan fingerprint density at radius 2 is 1.79 bits per heavy atom. The number of ether oxygens (including phenoxy) is 1. The summed E-state index contributed by atoms with van der Waals surface area (Å²) in [6.07, 6.45) is 1.30. The SMILES string of the molecule is COc1cc(C(=O)N2CCN(C(C)=O)CC2)ncn1. The molecule has 0 bridgehead atoms. The number of rotatable bonds is 2. The number of hydrogen-bond acceptors (Lipinski definition) is 5. The van der Waals surface area contributed by atoms with Gasteiger partial charge in [-0.1, -0.05) is 0 Å². The van der Waals surface area contributed by atoms with Gasteiger partial charge in [0.05, 0.1) is 7.11 Å². The largest absolute Gasteiger partial charge is 0.481 e. The van der Waals surface area contributed by atoms with Crippen LogP contribution in [0.1, 0.15) is 17.4 Å². The van der Waals surface area contributed by atoms with Crippen LogP contribution >= 0.6 is 0 Å². The number of hydrogen-bond donors (Lipinski definition) is 0. The highest BCUT2D eigenvalue weighted by Gasteiger charge is 2.24. The summed E-state index contributed by atoms with van der Waals surface area (Å²) in [7, 11) is 1.49. The first-order valence-electron chi connectivity index (χ1n) is 6.02. The molecule has 0 aromatic carbocycles. The minimum atomic E-state index is -0.163. The van der Waals surface area contributed by atoms with Crippen LogP contribution in [0.5, 0.6) is 5.88 Å². The van der Waals surface area contributed by atoms with E-state index in [0.717, 1.165) is 0 Å². The molecule has 19 heavy (non-hydrogen) atoms. The van der Waals surface area contributed by atoms with Gasteiger partial charge in [0.25, 0.3) is 5.91 Å². The van der Waals surface area contributed by atoms with Crippen LogP contribution < -0.4 is 4.74 Å². The fourth-order valence-electron chi connectivity index (χ4n) is 1.95. The van der Waals surface area contributed by atoms with Gasteiger partial charge in [-0.3, -0.25) is 9.59 Å². The van der Waals surface area contributed by atoms with Crippen LogP contribution in [0.2, 0.25) is 0 Å². The van der Waals surface area contributed by atoms with Crippen LogP contribution in [0, 0.1) is 0 Å². The molecule has 0 spiro atoms. The molecule has 2 heterocycles. The fraction of sp³-hybridized carbons (Fsp3) is 0.500. The number of carbonyl (C=O) groups excluding carboxylic acids is 2. The fourth-order valence-corrected chi connectivity index (χ4v) is 1.95. The highest BCUT2D eigenvalue weighted by molar-refractivity contribution is 5.92. The van der Waals surface area contributed by atoms with E-state index in [1.165, 1.54) is 26.4 Å². The molecule has 102 valence electrons. The Kier molecular flexibility index (Phi) is 3.94. The quantitative estimate of drug-likeness (QED) is 0.738. The Morgan fingerprint density at radius 3 is 2.37 bits per heavy atom. The number of aromatic nitrogens is 2. The number of piperazine rings is 1. The van der Waals surface area contributed by atoms with Crippen LogP contribution in [-0.4, -0.2) is 64.9 Å². The molecule has 1 fully saturated rings. The summed E-state index contributed by atoms with van der Waals surface area (Å²) >= 11 is 0. The van der Waals surface area contributed by atoms with Gasteiger partial charge in [-0.25, -0.2) is 9.97 Å². The van der Waals surface area contributed by atoms with Crippen molar-refractivity contribution in [2.75, 3.05) is 33.3 Å². The molecule has 1 aromatic heterocycles. The van der Waals surface area contributed by atoms with Gasteiger partial charge in [0.15, 0.2) is 0 Å². The Labute approximate surface area is 111 Å². The van der Waals surface area contributed by atoms with E-state index in [1.807, 2.05) is 0 Å². The lowest BCUT2D eigenvalue weighted by Crippen LogP contribution is -2.50. The summed E-state index contributed by atoms with van der Waals surface area (Å²) in [6.45, 7) is 3.69. The van der Waals surface area contributed by atoms with Crippen molar-refractivity contribution in [3.8, 4) is 5.88 Å².